The fraction of sp³-hybridized carbons (Fsp3) is 0.375. The molecule has 126 valence electrons. The minimum Gasteiger partial charge on any atom is -0.327 e. The van der Waals surface area contributed by atoms with E-state index in [1.165, 1.54) is 6.07 Å². The van der Waals surface area contributed by atoms with Gasteiger partial charge < -0.3 is 11.1 Å². The largest absolute Gasteiger partial charge is 0.327 e. The number of aryl methyl sites for hydroxylation is 2. The highest BCUT2D eigenvalue weighted by Gasteiger charge is 2.18. The number of nitrogens with one attached hydrogen (secondary N) is 1. The molecule has 0 aliphatic carbocycles. The summed E-state index contributed by atoms with van der Waals surface area (Å²) in [4.78, 5) is 11.9. The van der Waals surface area contributed by atoms with Gasteiger partial charge in [-0.05, 0) is 45.0 Å². The standard InChI is InChI=1S/C16H21FN4O.ClH/c1-9-7-10(2)21(20-9)15-6-5-13(8-14(15)17)19-16(22)11(3)12(4)18;/h5-8,11-12H,18H2,1-4H3,(H,19,22);1H. The molecule has 0 aliphatic rings. The molecule has 0 radical (unpaired) electrons. The van der Waals surface area contributed by atoms with Crippen LogP contribution in [0.4, 0.5) is 10.1 Å². The van der Waals surface area contributed by atoms with E-state index in [4.69, 9.17) is 5.73 Å². The molecule has 0 spiro atoms. The fourth-order valence-electron chi connectivity index (χ4n) is 2.12. The van der Waals surface area contributed by atoms with Gasteiger partial charge in [-0.15, -0.1) is 12.4 Å². The van der Waals surface area contributed by atoms with Crippen LogP contribution in [0, 0.1) is 25.6 Å². The Hall–Kier alpha value is -1.92. The van der Waals surface area contributed by atoms with Crippen molar-refractivity contribution in [2.24, 2.45) is 11.7 Å². The molecular weight excluding hydrogens is 319 g/mol. The SMILES string of the molecule is Cc1cc(C)n(-c2ccc(NC(=O)C(C)C(C)N)cc2F)n1.Cl. The fourth-order valence-corrected chi connectivity index (χ4v) is 2.12. The van der Waals surface area contributed by atoms with Crippen LogP contribution in [0.25, 0.3) is 5.69 Å². The van der Waals surface area contributed by atoms with Crippen molar-refractivity contribution in [3.8, 4) is 5.69 Å². The summed E-state index contributed by atoms with van der Waals surface area (Å²) >= 11 is 0. The first-order valence-electron chi connectivity index (χ1n) is 7.19. The quantitative estimate of drug-likeness (QED) is 0.898. The van der Waals surface area contributed by atoms with Crippen molar-refractivity contribution in [2.75, 3.05) is 5.32 Å². The molecule has 7 heteroatoms. The van der Waals surface area contributed by atoms with Crippen LogP contribution in [0.3, 0.4) is 0 Å². The van der Waals surface area contributed by atoms with Gasteiger partial charge in [0.1, 0.15) is 5.69 Å². The molecule has 2 aromatic rings. The second kappa shape index (κ2) is 7.57. The summed E-state index contributed by atoms with van der Waals surface area (Å²) in [6, 6.07) is 6.15. The molecule has 1 aromatic carbocycles. The molecular formula is C16H22ClFN4O. The van der Waals surface area contributed by atoms with E-state index in [1.807, 2.05) is 19.9 Å². The number of hydrogen-bond donors (Lipinski definition) is 2. The molecule has 1 amide bonds. The number of rotatable bonds is 4. The normalized spacial score (nSPS) is 13.1. The minimum atomic E-state index is -0.447. The van der Waals surface area contributed by atoms with E-state index in [1.54, 1.807) is 30.7 Å². The molecule has 1 heterocycles. The van der Waals surface area contributed by atoms with Crippen molar-refractivity contribution in [1.29, 1.82) is 0 Å². The highest BCUT2D eigenvalue weighted by molar-refractivity contribution is 5.92. The predicted octanol–water partition coefficient (Wildman–Crippen LogP) is 2.97. The Labute approximate surface area is 141 Å². The van der Waals surface area contributed by atoms with Crippen molar-refractivity contribution in [3.05, 3.63) is 41.5 Å². The van der Waals surface area contributed by atoms with Crippen molar-refractivity contribution in [2.45, 2.75) is 33.7 Å². The monoisotopic (exact) mass is 340 g/mol. The Bertz CT molecular complexity index is 699. The van der Waals surface area contributed by atoms with Crippen LogP contribution in [0.5, 0.6) is 0 Å². The molecule has 1 aromatic heterocycles. The van der Waals surface area contributed by atoms with Gasteiger partial charge in [0, 0.05) is 17.4 Å². The summed E-state index contributed by atoms with van der Waals surface area (Å²) in [5.74, 6) is -1.02. The Morgan fingerprint density at radius 2 is 1.96 bits per heavy atom. The first-order valence-corrected chi connectivity index (χ1v) is 7.19. The van der Waals surface area contributed by atoms with Crippen LogP contribution < -0.4 is 11.1 Å². The lowest BCUT2D eigenvalue weighted by Gasteiger charge is -2.16. The summed E-state index contributed by atoms with van der Waals surface area (Å²) in [6.07, 6.45) is 0. The molecule has 0 aliphatic heterocycles. The third-order valence-corrected chi connectivity index (χ3v) is 3.66. The van der Waals surface area contributed by atoms with Crippen molar-refractivity contribution in [3.63, 3.8) is 0 Å². The molecule has 2 rings (SSSR count). The van der Waals surface area contributed by atoms with Crippen LogP contribution in [-0.2, 0) is 4.79 Å². The summed E-state index contributed by atoms with van der Waals surface area (Å²) in [5.41, 5.74) is 8.11. The number of anilines is 1. The summed E-state index contributed by atoms with van der Waals surface area (Å²) in [7, 11) is 0. The maximum Gasteiger partial charge on any atom is 0.228 e. The van der Waals surface area contributed by atoms with E-state index in [2.05, 4.69) is 10.4 Å². The lowest BCUT2D eigenvalue weighted by Crippen LogP contribution is -2.34. The van der Waals surface area contributed by atoms with Crippen LogP contribution in [-0.4, -0.2) is 21.7 Å². The zero-order chi connectivity index (χ0) is 16.4. The van der Waals surface area contributed by atoms with E-state index < -0.39 is 5.82 Å². The highest BCUT2D eigenvalue weighted by atomic mass is 35.5. The number of carbonyl (C=O) groups is 1. The van der Waals surface area contributed by atoms with Gasteiger partial charge in [0.2, 0.25) is 5.91 Å². The molecule has 5 nitrogen and oxygen atoms in total. The van der Waals surface area contributed by atoms with Gasteiger partial charge in [0.05, 0.1) is 11.6 Å². The van der Waals surface area contributed by atoms with Gasteiger partial charge in [0.25, 0.3) is 0 Å². The number of aromatic nitrogens is 2. The van der Waals surface area contributed by atoms with Crippen LogP contribution in [0.15, 0.2) is 24.3 Å². The van der Waals surface area contributed by atoms with E-state index in [0.717, 1.165) is 11.4 Å². The smallest absolute Gasteiger partial charge is 0.228 e. The minimum absolute atomic E-state index is 0. The van der Waals surface area contributed by atoms with E-state index in [-0.39, 0.29) is 30.3 Å². The van der Waals surface area contributed by atoms with Gasteiger partial charge >= 0.3 is 0 Å². The van der Waals surface area contributed by atoms with Crippen LogP contribution in [0.1, 0.15) is 25.2 Å². The molecule has 2 atom stereocenters. The molecule has 2 unspecified atom stereocenters. The van der Waals surface area contributed by atoms with E-state index in [9.17, 15) is 9.18 Å². The molecule has 0 bridgehead atoms. The number of benzene rings is 1. The number of amides is 1. The van der Waals surface area contributed by atoms with Gasteiger partial charge in [-0.3, -0.25) is 4.79 Å². The van der Waals surface area contributed by atoms with Crippen molar-refractivity contribution >= 4 is 24.0 Å². The number of nitrogens with two attached hydrogens (primary N) is 1. The van der Waals surface area contributed by atoms with Crippen molar-refractivity contribution < 1.29 is 9.18 Å². The zero-order valence-corrected chi connectivity index (χ0v) is 14.4. The maximum absolute atomic E-state index is 14.3. The second-order valence-corrected chi connectivity index (χ2v) is 5.64. The molecule has 0 saturated carbocycles. The molecule has 23 heavy (non-hydrogen) atoms. The van der Waals surface area contributed by atoms with Gasteiger partial charge in [-0.25, -0.2) is 9.07 Å². The Morgan fingerprint density at radius 1 is 1.30 bits per heavy atom. The number of halogens is 2. The average molecular weight is 341 g/mol. The van der Waals surface area contributed by atoms with Gasteiger partial charge in [-0.2, -0.15) is 5.10 Å². The first-order chi connectivity index (χ1) is 10.3. The predicted molar refractivity (Wildman–Crippen MR) is 91.7 cm³/mol. The third kappa shape index (κ3) is 4.30. The van der Waals surface area contributed by atoms with Crippen molar-refractivity contribution in [1.82, 2.24) is 9.78 Å². The molecule has 3 N–H and O–H groups in total. The molecule has 0 fully saturated rings. The topological polar surface area (TPSA) is 72.9 Å². The number of carbonyl (C=O) groups excluding carboxylic acids is 1. The Kier molecular flexibility index (Phi) is 6.29. The summed E-state index contributed by atoms with van der Waals surface area (Å²) in [6.45, 7) is 7.21. The van der Waals surface area contributed by atoms with Gasteiger partial charge in [0.15, 0.2) is 5.82 Å². The lowest BCUT2D eigenvalue weighted by molar-refractivity contribution is -0.119. The molecule has 0 saturated heterocycles. The number of hydrogen-bond acceptors (Lipinski definition) is 3. The lowest BCUT2D eigenvalue weighted by atomic mass is 10.0. The van der Waals surface area contributed by atoms with Gasteiger partial charge in [-0.1, -0.05) is 6.92 Å². The Balaban J connectivity index is 0.00000264. The van der Waals surface area contributed by atoms with E-state index >= 15 is 0 Å². The van der Waals surface area contributed by atoms with Crippen LogP contribution in [0.2, 0.25) is 0 Å². The third-order valence-electron chi connectivity index (χ3n) is 3.66. The average Bonchev–Trinajstić information content (AvgIpc) is 2.76. The second-order valence-electron chi connectivity index (χ2n) is 5.64. The Morgan fingerprint density at radius 3 is 2.43 bits per heavy atom. The zero-order valence-electron chi connectivity index (χ0n) is 13.6. The first kappa shape index (κ1) is 19.1. The maximum atomic E-state index is 14.3. The summed E-state index contributed by atoms with van der Waals surface area (Å²) in [5, 5.41) is 6.93. The van der Waals surface area contributed by atoms with E-state index in [0.29, 0.717) is 11.4 Å². The van der Waals surface area contributed by atoms with Crippen LogP contribution >= 0.6 is 12.4 Å². The number of nitrogens with zero attached hydrogens (tertiary/aromatic N) is 2. The summed E-state index contributed by atoms with van der Waals surface area (Å²) < 4.78 is 15.8. The highest BCUT2D eigenvalue weighted by Crippen LogP contribution is 2.20.